The minimum absolute atomic E-state index is 0.162. The molecule has 0 amide bonds. The van der Waals surface area contributed by atoms with Gasteiger partial charge in [0, 0.05) is 10.9 Å². The molecule has 72 valence electrons. The van der Waals surface area contributed by atoms with Crippen molar-refractivity contribution in [1.29, 1.82) is 0 Å². The summed E-state index contributed by atoms with van der Waals surface area (Å²) in [6.07, 6.45) is 0. The number of nitrogens with one attached hydrogen (secondary N) is 1. The van der Waals surface area contributed by atoms with Crippen molar-refractivity contribution in [2.75, 3.05) is 0 Å². The van der Waals surface area contributed by atoms with E-state index in [4.69, 9.17) is 5.11 Å². The molecule has 0 aliphatic carbocycles. The largest absolute Gasteiger partial charge is 0.494 e. The summed E-state index contributed by atoms with van der Waals surface area (Å²) < 4.78 is 12.8. The summed E-state index contributed by atoms with van der Waals surface area (Å²) >= 11 is 0. The maximum atomic E-state index is 12.8. The summed E-state index contributed by atoms with van der Waals surface area (Å²) in [7, 11) is 0. The van der Waals surface area contributed by atoms with E-state index in [-0.39, 0.29) is 10.9 Å². The first kappa shape index (κ1) is 8.55. The maximum Gasteiger partial charge on any atom is 0.341 e. The van der Waals surface area contributed by atoms with Gasteiger partial charge in [-0.2, -0.15) is 0 Å². The van der Waals surface area contributed by atoms with Crippen LogP contribution >= 0.6 is 0 Å². The number of aromatic carboxylic acids is 1. The number of hydrogen-bond donors (Lipinski definition) is 3. The molecule has 1 aromatic heterocycles. The van der Waals surface area contributed by atoms with Gasteiger partial charge >= 0.3 is 5.97 Å². The minimum Gasteiger partial charge on any atom is -0.494 e. The van der Waals surface area contributed by atoms with E-state index >= 15 is 0 Å². The number of carboxylic acid groups (broad SMARTS) is 1. The zero-order valence-corrected chi connectivity index (χ0v) is 6.91. The van der Waals surface area contributed by atoms with E-state index in [2.05, 4.69) is 4.98 Å². The standard InChI is InChI=1S/C9H6FNO3/c10-4-1-2-6-5(3-4)7(9(13)14)8(12)11-6/h1-3,11-12H,(H,13,14). The van der Waals surface area contributed by atoms with Crippen LogP contribution in [0.1, 0.15) is 10.4 Å². The van der Waals surface area contributed by atoms with Crippen LogP contribution in [0.25, 0.3) is 10.9 Å². The number of fused-ring (bicyclic) bond motifs is 1. The van der Waals surface area contributed by atoms with E-state index in [0.29, 0.717) is 5.52 Å². The Bertz CT molecular complexity index is 518. The highest BCUT2D eigenvalue weighted by Gasteiger charge is 2.17. The molecule has 0 spiro atoms. The number of benzene rings is 1. The molecule has 2 aromatic rings. The van der Waals surface area contributed by atoms with Crippen molar-refractivity contribution in [2.24, 2.45) is 0 Å². The van der Waals surface area contributed by atoms with Gasteiger partial charge in [0.25, 0.3) is 0 Å². The van der Waals surface area contributed by atoms with Gasteiger partial charge in [-0.05, 0) is 18.2 Å². The summed E-state index contributed by atoms with van der Waals surface area (Å²) in [5.74, 6) is -2.29. The van der Waals surface area contributed by atoms with E-state index in [1.54, 1.807) is 0 Å². The van der Waals surface area contributed by atoms with Crippen LogP contribution in [-0.2, 0) is 0 Å². The van der Waals surface area contributed by atoms with Gasteiger partial charge in [-0.25, -0.2) is 9.18 Å². The molecule has 3 N–H and O–H groups in total. The van der Waals surface area contributed by atoms with Crippen LogP contribution in [-0.4, -0.2) is 21.2 Å². The fourth-order valence-corrected chi connectivity index (χ4v) is 1.37. The van der Waals surface area contributed by atoms with Crippen LogP contribution < -0.4 is 0 Å². The van der Waals surface area contributed by atoms with Crippen LogP contribution in [0, 0.1) is 5.82 Å². The monoisotopic (exact) mass is 195 g/mol. The lowest BCUT2D eigenvalue weighted by molar-refractivity contribution is 0.0696. The molecule has 0 aliphatic heterocycles. The SMILES string of the molecule is O=C(O)c1c(O)[nH]c2ccc(F)cc12. The predicted molar refractivity (Wildman–Crippen MR) is 46.9 cm³/mol. The van der Waals surface area contributed by atoms with Gasteiger partial charge in [0.2, 0.25) is 5.88 Å². The zero-order valence-electron chi connectivity index (χ0n) is 6.91. The second-order valence-corrected chi connectivity index (χ2v) is 2.84. The van der Waals surface area contributed by atoms with Crippen LogP contribution in [0.4, 0.5) is 4.39 Å². The van der Waals surface area contributed by atoms with Crippen LogP contribution in [0.3, 0.4) is 0 Å². The molecular formula is C9H6FNO3. The van der Waals surface area contributed by atoms with E-state index in [9.17, 15) is 14.3 Å². The maximum absolute atomic E-state index is 12.8. The van der Waals surface area contributed by atoms with Crippen LogP contribution in [0.2, 0.25) is 0 Å². The molecule has 2 rings (SSSR count). The number of aromatic hydroxyl groups is 1. The summed E-state index contributed by atoms with van der Waals surface area (Å²) in [6.45, 7) is 0. The van der Waals surface area contributed by atoms with Gasteiger partial charge in [0.05, 0.1) is 0 Å². The van der Waals surface area contributed by atoms with Crippen molar-refractivity contribution in [3.05, 3.63) is 29.6 Å². The Hall–Kier alpha value is -2.04. The van der Waals surface area contributed by atoms with Crippen molar-refractivity contribution >= 4 is 16.9 Å². The van der Waals surface area contributed by atoms with Crippen molar-refractivity contribution in [3.8, 4) is 5.88 Å². The lowest BCUT2D eigenvalue weighted by atomic mass is 10.1. The number of rotatable bonds is 1. The van der Waals surface area contributed by atoms with E-state index in [0.717, 1.165) is 6.07 Å². The summed E-state index contributed by atoms with van der Waals surface area (Å²) in [5.41, 5.74) is 0.0841. The molecule has 0 atom stereocenters. The van der Waals surface area contributed by atoms with Gasteiger partial charge in [0.1, 0.15) is 11.4 Å². The Labute approximate surface area is 77.6 Å². The van der Waals surface area contributed by atoms with Gasteiger partial charge in [-0.1, -0.05) is 0 Å². The number of carbonyl (C=O) groups is 1. The zero-order chi connectivity index (χ0) is 10.3. The smallest absolute Gasteiger partial charge is 0.341 e. The Morgan fingerprint density at radius 3 is 2.79 bits per heavy atom. The van der Waals surface area contributed by atoms with Gasteiger partial charge in [-0.15, -0.1) is 0 Å². The molecule has 4 nitrogen and oxygen atoms in total. The van der Waals surface area contributed by atoms with E-state index < -0.39 is 17.7 Å². The summed E-state index contributed by atoms with van der Waals surface area (Å²) in [6, 6.07) is 3.62. The Morgan fingerprint density at radius 2 is 2.14 bits per heavy atom. The summed E-state index contributed by atoms with van der Waals surface area (Å²) in [5, 5.41) is 18.1. The number of carboxylic acids is 1. The first-order valence-electron chi connectivity index (χ1n) is 3.83. The molecule has 0 radical (unpaired) electrons. The quantitative estimate of drug-likeness (QED) is 0.648. The topological polar surface area (TPSA) is 73.3 Å². The third-order valence-electron chi connectivity index (χ3n) is 1.95. The van der Waals surface area contributed by atoms with Crippen LogP contribution in [0.15, 0.2) is 18.2 Å². The molecule has 0 saturated carbocycles. The van der Waals surface area contributed by atoms with Crippen molar-refractivity contribution in [1.82, 2.24) is 4.98 Å². The molecule has 0 fully saturated rings. The van der Waals surface area contributed by atoms with Crippen molar-refractivity contribution < 1.29 is 19.4 Å². The normalized spacial score (nSPS) is 10.6. The molecule has 1 aromatic carbocycles. The fourth-order valence-electron chi connectivity index (χ4n) is 1.37. The molecule has 5 heteroatoms. The predicted octanol–water partition coefficient (Wildman–Crippen LogP) is 1.71. The molecule has 0 aliphatic rings. The average molecular weight is 195 g/mol. The third-order valence-corrected chi connectivity index (χ3v) is 1.95. The lowest BCUT2D eigenvalue weighted by Gasteiger charge is -1.92. The molecule has 1 heterocycles. The van der Waals surface area contributed by atoms with E-state index in [1.165, 1.54) is 12.1 Å². The molecule has 0 saturated heterocycles. The van der Waals surface area contributed by atoms with Crippen molar-refractivity contribution in [2.45, 2.75) is 0 Å². The number of hydrogen-bond acceptors (Lipinski definition) is 2. The molecule has 0 bridgehead atoms. The molecule has 14 heavy (non-hydrogen) atoms. The first-order valence-corrected chi connectivity index (χ1v) is 3.83. The average Bonchev–Trinajstić information content (AvgIpc) is 2.40. The number of aromatic nitrogens is 1. The van der Waals surface area contributed by atoms with E-state index in [1.807, 2.05) is 0 Å². The summed E-state index contributed by atoms with van der Waals surface area (Å²) in [4.78, 5) is 13.1. The second-order valence-electron chi connectivity index (χ2n) is 2.84. The van der Waals surface area contributed by atoms with Crippen molar-refractivity contribution in [3.63, 3.8) is 0 Å². The lowest BCUT2D eigenvalue weighted by Crippen LogP contribution is -1.94. The number of aromatic amines is 1. The fraction of sp³-hybridized carbons (Fsp3) is 0. The Balaban J connectivity index is 2.86. The highest BCUT2D eigenvalue weighted by atomic mass is 19.1. The second kappa shape index (κ2) is 2.73. The molecule has 0 unspecified atom stereocenters. The first-order chi connectivity index (χ1) is 6.59. The molecular weight excluding hydrogens is 189 g/mol. The van der Waals surface area contributed by atoms with Gasteiger partial charge in [0.15, 0.2) is 0 Å². The third kappa shape index (κ3) is 1.10. The Kier molecular flexibility index (Phi) is 1.67. The van der Waals surface area contributed by atoms with Gasteiger partial charge < -0.3 is 15.2 Å². The van der Waals surface area contributed by atoms with Crippen LogP contribution in [0.5, 0.6) is 5.88 Å². The van der Waals surface area contributed by atoms with Gasteiger partial charge in [-0.3, -0.25) is 0 Å². The Morgan fingerprint density at radius 1 is 1.43 bits per heavy atom. The highest BCUT2D eigenvalue weighted by Crippen LogP contribution is 2.27. The number of H-pyrrole nitrogens is 1. The highest BCUT2D eigenvalue weighted by molar-refractivity contribution is 6.05. The number of halogens is 1. The minimum atomic E-state index is -1.29.